The van der Waals surface area contributed by atoms with Crippen molar-refractivity contribution in [1.29, 1.82) is 0 Å². The fourth-order valence-electron chi connectivity index (χ4n) is 4.93. The van der Waals surface area contributed by atoms with Crippen molar-refractivity contribution < 1.29 is 48.3 Å². The molecule has 1 aliphatic rings. The molecule has 0 atom stereocenters. The molecule has 0 saturated carbocycles. The first-order valence-electron chi connectivity index (χ1n) is 12.3. The second-order valence-corrected chi connectivity index (χ2v) is 11.7. The molecule has 5 rings (SSSR count). The molecule has 4 aromatic rings. The predicted molar refractivity (Wildman–Crippen MR) is 140 cm³/mol. The van der Waals surface area contributed by atoms with Crippen molar-refractivity contribution in [3.63, 3.8) is 0 Å². The first-order valence-corrected chi connectivity index (χ1v) is 14.0. The van der Waals surface area contributed by atoms with Crippen LogP contribution in [0.15, 0.2) is 42.5 Å². The maximum absolute atomic E-state index is 15.5. The number of thiophene rings is 2. The highest BCUT2D eigenvalue weighted by atomic mass is 32.1. The van der Waals surface area contributed by atoms with Crippen LogP contribution in [0.5, 0.6) is 0 Å². The van der Waals surface area contributed by atoms with Crippen LogP contribution in [-0.4, -0.2) is 17.8 Å². The predicted octanol–water partition coefficient (Wildman–Crippen LogP) is 10.8. The monoisotopic (exact) mass is 638 g/mol. The normalized spacial score (nSPS) is 17.4. The highest BCUT2D eigenvalue weighted by molar-refractivity contribution is 7.16. The number of rotatable bonds is 6. The van der Waals surface area contributed by atoms with Gasteiger partial charge in [-0.2, -0.15) is 26.3 Å². The third kappa shape index (κ3) is 4.14. The lowest BCUT2D eigenvalue weighted by Gasteiger charge is -2.25. The molecule has 0 aliphatic heterocycles. The van der Waals surface area contributed by atoms with E-state index in [0.717, 1.165) is 17.4 Å². The van der Waals surface area contributed by atoms with Crippen molar-refractivity contribution >= 4 is 33.8 Å². The van der Waals surface area contributed by atoms with Crippen molar-refractivity contribution in [2.75, 3.05) is 0 Å². The van der Waals surface area contributed by atoms with E-state index in [-0.39, 0.29) is 33.9 Å². The van der Waals surface area contributed by atoms with Crippen molar-refractivity contribution in [2.24, 2.45) is 0 Å². The Kier molecular flexibility index (Phi) is 7.36. The maximum atomic E-state index is 15.5. The summed E-state index contributed by atoms with van der Waals surface area (Å²) in [5, 5.41) is 0. The molecular formula is C29H17F11S2. The minimum absolute atomic E-state index is 0.0108. The molecular weight excluding hydrogens is 621 g/mol. The summed E-state index contributed by atoms with van der Waals surface area (Å²) in [4.78, 5) is -0.650. The average Bonchev–Trinajstić information content (AvgIpc) is 3.60. The van der Waals surface area contributed by atoms with E-state index in [4.69, 9.17) is 0 Å². The number of alkyl halides is 6. The maximum Gasteiger partial charge on any atom is 0.380 e. The van der Waals surface area contributed by atoms with E-state index in [0.29, 0.717) is 16.5 Å². The molecule has 2 aromatic carbocycles. The van der Waals surface area contributed by atoms with Gasteiger partial charge in [0.1, 0.15) is 0 Å². The second kappa shape index (κ2) is 10.2. The minimum atomic E-state index is -5.91. The standard InChI is InChI=1S/C29H17F11S2/c1-3-15-13(10-17(41-15)12-8-6-5-7-9-12)20-21(28(37,38)29(39,40)27(20,35)36)14-11-18(42-16(14)4-2)19-22(30)24(32)26(34)25(33)23(19)31/h5-11H,3-4H2,1-2H3. The zero-order valence-electron chi connectivity index (χ0n) is 21.4. The van der Waals surface area contributed by atoms with Crippen LogP contribution in [0.25, 0.3) is 32.0 Å². The summed E-state index contributed by atoms with van der Waals surface area (Å²) >= 11 is 1.22. The second-order valence-electron chi connectivity index (χ2n) is 9.39. The lowest BCUT2D eigenvalue weighted by molar-refractivity contribution is -0.254. The number of allylic oxidation sites excluding steroid dienone is 2. The van der Waals surface area contributed by atoms with E-state index in [1.807, 2.05) is 0 Å². The Morgan fingerprint density at radius 3 is 1.43 bits per heavy atom. The van der Waals surface area contributed by atoms with E-state index in [1.165, 1.54) is 13.8 Å². The van der Waals surface area contributed by atoms with E-state index in [9.17, 15) is 30.7 Å². The molecule has 1 aliphatic carbocycles. The third-order valence-corrected chi connectivity index (χ3v) is 9.61. The van der Waals surface area contributed by atoms with Gasteiger partial charge in [0.25, 0.3) is 0 Å². The minimum Gasteiger partial charge on any atom is -0.203 e. The zero-order valence-corrected chi connectivity index (χ0v) is 23.1. The summed E-state index contributed by atoms with van der Waals surface area (Å²) in [5.41, 5.74) is -5.85. The molecule has 0 fully saturated rings. The molecule has 0 bridgehead atoms. The number of aryl methyl sites for hydroxylation is 2. The van der Waals surface area contributed by atoms with Crippen molar-refractivity contribution in [2.45, 2.75) is 44.5 Å². The first-order chi connectivity index (χ1) is 19.6. The van der Waals surface area contributed by atoms with Crippen molar-refractivity contribution in [1.82, 2.24) is 0 Å². The largest absolute Gasteiger partial charge is 0.380 e. The summed E-state index contributed by atoms with van der Waals surface area (Å²) in [7, 11) is 0. The van der Waals surface area contributed by atoms with E-state index in [1.54, 1.807) is 30.3 Å². The molecule has 0 radical (unpaired) electrons. The fourth-order valence-corrected chi connectivity index (χ4v) is 7.18. The third-order valence-electron chi connectivity index (χ3n) is 6.98. The molecule has 0 saturated heterocycles. The molecule has 0 nitrogen and oxygen atoms in total. The molecule has 2 aromatic heterocycles. The van der Waals surface area contributed by atoms with Gasteiger partial charge in [0.05, 0.1) is 5.56 Å². The Labute approximate surface area is 239 Å². The summed E-state index contributed by atoms with van der Waals surface area (Å²) in [6.07, 6.45) is -0.268. The lowest BCUT2D eigenvalue weighted by Crippen LogP contribution is -2.48. The van der Waals surface area contributed by atoms with Gasteiger partial charge in [-0.25, -0.2) is 22.0 Å². The highest BCUT2D eigenvalue weighted by Crippen LogP contribution is 2.66. The van der Waals surface area contributed by atoms with Crippen molar-refractivity contribution in [3.05, 3.63) is 92.4 Å². The number of hydrogen-bond donors (Lipinski definition) is 0. The first kappa shape index (κ1) is 30.3. The van der Waals surface area contributed by atoms with Gasteiger partial charge in [0, 0.05) is 30.7 Å². The van der Waals surface area contributed by atoms with Gasteiger partial charge in [-0.1, -0.05) is 44.2 Å². The van der Waals surface area contributed by atoms with E-state index in [2.05, 4.69) is 0 Å². The van der Waals surface area contributed by atoms with Crippen LogP contribution in [-0.2, 0) is 12.8 Å². The Morgan fingerprint density at radius 1 is 0.571 bits per heavy atom. The van der Waals surface area contributed by atoms with E-state index >= 15 is 17.6 Å². The lowest BCUT2D eigenvalue weighted by atomic mass is 9.93. The van der Waals surface area contributed by atoms with Crippen LogP contribution in [0, 0.1) is 29.1 Å². The van der Waals surface area contributed by atoms with Crippen LogP contribution in [0.1, 0.15) is 34.7 Å². The van der Waals surface area contributed by atoms with Crippen LogP contribution in [0.3, 0.4) is 0 Å². The van der Waals surface area contributed by atoms with Gasteiger partial charge in [0.15, 0.2) is 23.3 Å². The molecule has 2 heterocycles. The van der Waals surface area contributed by atoms with Crippen LogP contribution < -0.4 is 0 Å². The molecule has 0 spiro atoms. The quantitative estimate of drug-likeness (QED) is 0.112. The molecule has 13 heteroatoms. The summed E-state index contributed by atoms with van der Waals surface area (Å²) in [5.74, 6) is -28.5. The Morgan fingerprint density at radius 2 is 0.976 bits per heavy atom. The Bertz CT molecular complexity index is 1700. The number of benzene rings is 2. The van der Waals surface area contributed by atoms with Gasteiger partial charge in [0.2, 0.25) is 5.82 Å². The summed E-state index contributed by atoms with van der Waals surface area (Å²) in [6, 6.07) is 9.79. The Hall–Kier alpha value is -3.19. The van der Waals surface area contributed by atoms with Gasteiger partial charge in [-0.15, -0.1) is 22.7 Å². The SMILES string of the molecule is CCc1sc(-c2ccccc2)cc1C1=C(c2cc(-c3c(F)c(F)c(F)c(F)c3F)sc2CC)C(F)(F)C(F)(F)C1(F)F. The average molecular weight is 639 g/mol. The molecule has 42 heavy (non-hydrogen) atoms. The van der Waals surface area contributed by atoms with Crippen LogP contribution in [0.4, 0.5) is 48.3 Å². The smallest absolute Gasteiger partial charge is 0.203 e. The summed E-state index contributed by atoms with van der Waals surface area (Å²) < 4.78 is 163. The molecule has 0 unspecified atom stereocenters. The van der Waals surface area contributed by atoms with Gasteiger partial charge in [-0.3, -0.25) is 0 Å². The van der Waals surface area contributed by atoms with Crippen molar-refractivity contribution in [3.8, 4) is 20.9 Å². The number of halogens is 11. The Balaban J connectivity index is 1.85. The van der Waals surface area contributed by atoms with E-state index < -0.39 is 79.6 Å². The fraction of sp³-hybridized carbons (Fsp3) is 0.241. The van der Waals surface area contributed by atoms with Gasteiger partial charge < -0.3 is 0 Å². The molecule has 222 valence electrons. The van der Waals surface area contributed by atoms with Gasteiger partial charge >= 0.3 is 17.8 Å². The molecule has 0 amide bonds. The summed E-state index contributed by atoms with van der Waals surface area (Å²) in [6.45, 7) is 2.86. The molecule has 0 N–H and O–H groups in total. The van der Waals surface area contributed by atoms with Gasteiger partial charge in [-0.05, 0) is 41.7 Å². The van der Waals surface area contributed by atoms with Crippen LogP contribution >= 0.6 is 22.7 Å². The highest BCUT2D eigenvalue weighted by Gasteiger charge is 2.80. The number of hydrogen-bond acceptors (Lipinski definition) is 2. The topological polar surface area (TPSA) is 0 Å². The van der Waals surface area contributed by atoms with Crippen LogP contribution in [0.2, 0.25) is 0 Å². The zero-order chi connectivity index (χ0) is 30.9.